The Balaban J connectivity index is 1.78. The van der Waals surface area contributed by atoms with Crippen molar-refractivity contribution in [3.05, 3.63) is 143 Å². The Kier molecular flexibility index (Phi) is 8.73. The van der Waals surface area contributed by atoms with Crippen molar-refractivity contribution in [2.24, 2.45) is 0 Å². The van der Waals surface area contributed by atoms with Gasteiger partial charge in [-0.25, -0.2) is 4.79 Å². The fourth-order valence-corrected chi connectivity index (χ4v) is 4.32. The smallest absolute Gasteiger partial charge is 0.331 e. The van der Waals surface area contributed by atoms with Gasteiger partial charge in [-0.3, -0.25) is 4.79 Å². The average Bonchev–Trinajstić information content (AvgIpc) is 2.97. The molecular formula is C33H30O5. The summed E-state index contributed by atoms with van der Waals surface area (Å²) < 4.78 is 16.3. The molecule has 38 heavy (non-hydrogen) atoms. The fraction of sp³-hybridized carbons (Fsp3) is 0.152. The molecule has 0 radical (unpaired) electrons. The van der Waals surface area contributed by atoms with Crippen LogP contribution in [0.25, 0.3) is 0 Å². The van der Waals surface area contributed by atoms with Crippen LogP contribution in [0.4, 0.5) is 0 Å². The molecule has 0 heterocycles. The first-order chi connectivity index (χ1) is 18.5. The van der Waals surface area contributed by atoms with E-state index in [0.29, 0.717) is 29.0 Å². The zero-order valence-electron chi connectivity index (χ0n) is 21.6. The summed E-state index contributed by atoms with van der Waals surface area (Å²) in [6, 6.07) is 31.1. The third kappa shape index (κ3) is 6.56. The maximum absolute atomic E-state index is 13.8. The number of carbonyl (C=O) groups is 2. The van der Waals surface area contributed by atoms with E-state index in [2.05, 4.69) is 30.8 Å². The van der Waals surface area contributed by atoms with Crippen molar-refractivity contribution in [3.8, 4) is 11.5 Å². The van der Waals surface area contributed by atoms with E-state index in [1.165, 1.54) is 19.8 Å². The zero-order chi connectivity index (χ0) is 26.9. The highest BCUT2D eigenvalue weighted by molar-refractivity contribution is 6.02. The average molecular weight is 507 g/mol. The van der Waals surface area contributed by atoms with Crippen LogP contribution in [0.3, 0.4) is 0 Å². The number of ketones is 1. The molecule has 0 aliphatic carbocycles. The molecule has 192 valence electrons. The molecule has 0 aliphatic rings. The van der Waals surface area contributed by atoms with E-state index in [0.717, 1.165) is 29.2 Å². The lowest BCUT2D eigenvalue weighted by atomic mass is 9.90. The van der Waals surface area contributed by atoms with Gasteiger partial charge >= 0.3 is 5.97 Å². The van der Waals surface area contributed by atoms with Crippen LogP contribution in [-0.2, 0) is 22.4 Å². The van der Waals surface area contributed by atoms with Gasteiger partial charge in [0.1, 0.15) is 11.5 Å². The van der Waals surface area contributed by atoms with Crippen molar-refractivity contribution in [1.82, 2.24) is 0 Å². The highest BCUT2D eigenvalue weighted by Gasteiger charge is 2.27. The van der Waals surface area contributed by atoms with Crippen LogP contribution in [0.1, 0.15) is 44.3 Å². The molecule has 0 fully saturated rings. The molecule has 0 spiro atoms. The largest absolute Gasteiger partial charge is 0.497 e. The Hall–Kier alpha value is -4.64. The highest BCUT2D eigenvalue weighted by atomic mass is 16.5. The van der Waals surface area contributed by atoms with Gasteiger partial charge in [0, 0.05) is 23.3 Å². The van der Waals surface area contributed by atoms with Crippen molar-refractivity contribution in [3.63, 3.8) is 0 Å². The molecule has 0 amide bonds. The Morgan fingerprint density at radius 2 is 1.29 bits per heavy atom. The van der Waals surface area contributed by atoms with E-state index >= 15 is 0 Å². The van der Waals surface area contributed by atoms with Crippen molar-refractivity contribution in [1.29, 1.82) is 0 Å². The summed E-state index contributed by atoms with van der Waals surface area (Å²) in [5.41, 5.74) is 5.39. The summed E-state index contributed by atoms with van der Waals surface area (Å²) in [6.45, 7) is 3.50. The molecule has 4 rings (SSSR count). The van der Waals surface area contributed by atoms with Crippen molar-refractivity contribution < 1.29 is 23.8 Å². The molecule has 4 aromatic carbocycles. The molecule has 0 saturated carbocycles. The Bertz CT molecular complexity index is 1390. The number of hydrogen-bond acceptors (Lipinski definition) is 5. The van der Waals surface area contributed by atoms with Gasteiger partial charge in [0.15, 0.2) is 6.10 Å². The molecule has 1 unspecified atom stereocenters. The Morgan fingerprint density at radius 1 is 0.737 bits per heavy atom. The SMILES string of the molecule is C=CC(=O)OC(C(=O)c1cc(OC)cc(OC)c1)c1ccc(Cc2ccccc2)c(Cc2ccccc2)c1. The molecule has 0 saturated heterocycles. The highest BCUT2D eigenvalue weighted by Crippen LogP contribution is 2.31. The van der Waals surface area contributed by atoms with Crippen molar-refractivity contribution >= 4 is 11.8 Å². The third-order valence-electron chi connectivity index (χ3n) is 6.28. The predicted molar refractivity (Wildman–Crippen MR) is 148 cm³/mol. The van der Waals surface area contributed by atoms with Crippen LogP contribution in [0.15, 0.2) is 110 Å². The second-order valence-electron chi connectivity index (χ2n) is 8.84. The quantitative estimate of drug-likeness (QED) is 0.131. The van der Waals surface area contributed by atoms with Gasteiger partial charge in [0.05, 0.1) is 14.2 Å². The lowest BCUT2D eigenvalue weighted by molar-refractivity contribution is -0.141. The van der Waals surface area contributed by atoms with E-state index in [-0.39, 0.29) is 5.78 Å². The number of ether oxygens (including phenoxy) is 3. The van der Waals surface area contributed by atoms with Gasteiger partial charge in [0.2, 0.25) is 5.78 Å². The summed E-state index contributed by atoms with van der Waals surface area (Å²) in [7, 11) is 3.03. The molecule has 1 atom stereocenters. The molecule has 0 bridgehead atoms. The number of benzene rings is 4. The molecule has 5 nitrogen and oxygen atoms in total. The molecular weight excluding hydrogens is 476 g/mol. The number of carbonyl (C=O) groups excluding carboxylic acids is 2. The number of hydrogen-bond donors (Lipinski definition) is 0. The van der Waals surface area contributed by atoms with Gasteiger partial charge < -0.3 is 14.2 Å². The maximum Gasteiger partial charge on any atom is 0.331 e. The van der Waals surface area contributed by atoms with E-state index in [9.17, 15) is 9.59 Å². The van der Waals surface area contributed by atoms with Crippen LogP contribution >= 0.6 is 0 Å². The first kappa shape index (κ1) is 26.4. The molecule has 0 N–H and O–H groups in total. The van der Waals surface area contributed by atoms with E-state index < -0.39 is 12.1 Å². The second kappa shape index (κ2) is 12.5. The van der Waals surface area contributed by atoms with Gasteiger partial charge in [-0.1, -0.05) is 85.4 Å². The number of esters is 1. The maximum atomic E-state index is 13.8. The summed E-state index contributed by atoms with van der Waals surface area (Å²) in [4.78, 5) is 26.1. The second-order valence-corrected chi connectivity index (χ2v) is 8.84. The van der Waals surface area contributed by atoms with Gasteiger partial charge in [-0.15, -0.1) is 0 Å². The predicted octanol–water partition coefficient (Wildman–Crippen LogP) is 6.54. The standard InChI is InChI=1S/C33H30O5/c1-4-31(34)38-33(32(35)28-20-29(36-2)22-30(21-28)37-3)26-16-15-25(17-23-11-7-5-8-12-23)27(19-26)18-24-13-9-6-10-14-24/h4-16,19-22,33H,1,17-18H2,2-3H3. The first-order valence-corrected chi connectivity index (χ1v) is 12.3. The Morgan fingerprint density at radius 3 is 1.82 bits per heavy atom. The summed E-state index contributed by atoms with van der Waals surface area (Å²) in [5.74, 6) is -0.149. The van der Waals surface area contributed by atoms with Gasteiger partial charge in [-0.2, -0.15) is 0 Å². The third-order valence-corrected chi connectivity index (χ3v) is 6.28. The van der Waals surface area contributed by atoms with Crippen LogP contribution in [0.2, 0.25) is 0 Å². The van der Waals surface area contributed by atoms with Crippen molar-refractivity contribution in [2.75, 3.05) is 14.2 Å². The monoisotopic (exact) mass is 506 g/mol. The minimum atomic E-state index is -1.17. The van der Waals surface area contributed by atoms with Crippen LogP contribution in [-0.4, -0.2) is 26.0 Å². The minimum absolute atomic E-state index is 0.307. The van der Waals surface area contributed by atoms with Gasteiger partial charge in [0.25, 0.3) is 0 Å². The van der Waals surface area contributed by atoms with E-state index in [4.69, 9.17) is 14.2 Å². The Labute approximate surface area is 223 Å². The molecule has 5 heteroatoms. The molecule has 4 aromatic rings. The van der Waals surface area contributed by atoms with Crippen molar-refractivity contribution in [2.45, 2.75) is 18.9 Å². The molecule has 0 aliphatic heterocycles. The summed E-state index contributed by atoms with van der Waals surface area (Å²) in [6.07, 6.45) is 1.29. The fourth-order valence-electron chi connectivity index (χ4n) is 4.32. The number of methoxy groups -OCH3 is 2. The first-order valence-electron chi connectivity index (χ1n) is 12.3. The summed E-state index contributed by atoms with van der Waals surface area (Å²) >= 11 is 0. The normalized spacial score (nSPS) is 11.3. The lowest BCUT2D eigenvalue weighted by Gasteiger charge is -2.20. The zero-order valence-corrected chi connectivity index (χ0v) is 21.6. The van der Waals surface area contributed by atoms with Crippen LogP contribution < -0.4 is 9.47 Å². The van der Waals surface area contributed by atoms with Crippen LogP contribution in [0.5, 0.6) is 11.5 Å². The summed E-state index contributed by atoms with van der Waals surface area (Å²) in [5, 5.41) is 0. The van der Waals surface area contributed by atoms with Gasteiger partial charge in [-0.05, 0) is 47.2 Å². The lowest BCUT2D eigenvalue weighted by Crippen LogP contribution is -2.20. The van der Waals surface area contributed by atoms with Crippen LogP contribution in [0, 0.1) is 0 Å². The van der Waals surface area contributed by atoms with E-state index in [1.54, 1.807) is 18.2 Å². The topological polar surface area (TPSA) is 61.8 Å². The minimum Gasteiger partial charge on any atom is -0.497 e. The number of rotatable bonds is 11. The van der Waals surface area contributed by atoms with E-state index in [1.807, 2.05) is 54.6 Å². The molecule has 0 aromatic heterocycles. The number of Topliss-reactive ketones (excluding diaryl/α,β-unsaturated/α-hetero) is 1.